The maximum Gasteiger partial charge on any atom is 0.242 e. The Hall–Kier alpha value is -0.800. The van der Waals surface area contributed by atoms with Crippen molar-refractivity contribution >= 4 is 32.7 Å². The third-order valence-electron chi connectivity index (χ3n) is 2.60. The molecule has 2 rings (SSSR count). The molecule has 0 saturated carbocycles. The highest BCUT2D eigenvalue weighted by atomic mass is 32.2. The smallest absolute Gasteiger partial charge is 0.242 e. The zero-order valence-corrected chi connectivity index (χ0v) is 13.1. The highest BCUT2D eigenvalue weighted by Gasteiger charge is 2.19. The van der Waals surface area contributed by atoms with E-state index in [-0.39, 0.29) is 6.54 Å². The predicted octanol–water partition coefficient (Wildman–Crippen LogP) is 1.71. The van der Waals surface area contributed by atoms with Crippen molar-refractivity contribution < 1.29 is 8.42 Å². The highest BCUT2D eigenvalue weighted by molar-refractivity contribution is 7.89. The molecule has 0 spiro atoms. The van der Waals surface area contributed by atoms with Gasteiger partial charge in [0.25, 0.3) is 0 Å². The van der Waals surface area contributed by atoms with Gasteiger partial charge < -0.3 is 5.32 Å². The number of sulfonamides is 1. The number of rotatable bonds is 6. The molecule has 0 fully saturated rings. The Morgan fingerprint density at radius 1 is 1.26 bits per heavy atom. The van der Waals surface area contributed by atoms with E-state index < -0.39 is 10.0 Å². The van der Waals surface area contributed by atoms with E-state index in [4.69, 9.17) is 0 Å². The van der Waals surface area contributed by atoms with Crippen LogP contribution in [0.2, 0.25) is 0 Å². The molecule has 0 aliphatic carbocycles. The summed E-state index contributed by atoms with van der Waals surface area (Å²) in [7, 11) is -1.67. The summed E-state index contributed by atoms with van der Waals surface area (Å²) >= 11 is 2.89. The number of nitrogens with zero attached hydrogens (tertiary/aromatic N) is 1. The van der Waals surface area contributed by atoms with Crippen molar-refractivity contribution in [3.05, 3.63) is 32.4 Å². The van der Waals surface area contributed by atoms with E-state index in [0.29, 0.717) is 11.4 Å². The zero-order chi connectivity index (χ0) is 13.9. The van der Waals surface area contributed by atoms with E-state index in [0.717, 1.165) is 15.4 Å². The molecule has 2 N–H and O–H groups in total. The van der Waals surface area contributed by atoms with Crippen LogP contribution in [0.5, 0.6) is 0 Å². The van der Waals surface area contributed by atoms with E-state index in [9.17, 15) is 8.42 Å². The van der Waals surface area contributed by atoms with Gasteiger partial charge >= 0.3 is 0 Å². The molecule has 2 aromatic rings. The second kappa shape index (κ2) is 6.10. The lowest BCUT2D eigenvalue weighted by Gasteiger charge is -2.07. The molecular formula is C11H15N3O2S3. The van der Waals surface area contributed by atoms with Gasteiger partial charge in [0, 0.05) is 22.8 Å². The topological polar surface area (TPSA) is 71.1 Å². The average molecular weight is 317 g/mol. The molecule has 19 heavy (non-hydrogen) atoms. The minimum absolute atomic E-state index is 0.285. The summed E-state index contributed by atoms with van der Waals surface area (Å²) in [5.41, 5.74) is 2.59. The Labute approximate surface area is 120 Å². The first-order valence-corrected chi connectivity index (χ1v) is 8.88. The maximum absolute atomic E-state index is 12.2. The Bertz CT molecular complexity index is 646. The van der Waals surface area contributed by atoms with Gasteiger partial charge in [0.05, 0.1) is 16.1 Å². The molecule has 5 nitrogen and oxygen atoms in total. The number of hydrogen-bond acceptors (Lipinski definition) is 6. The Balaban J connectivity index is 2.14. The molecule has 0 atom stereocenters. The molecule has 8 heteroatoms. The second-order valence-electron chi connectivity index (χ2n) is 3.92. The Morgan fingerprint density at radius 3 is 2.68 bits per heavy atom. The van der Waals surface area contributed by atoms with Crippen LogP contribution in [0.25, 0.3) is 0 Å². The number of thiazole rings is 1. The van der Waals surface area contributed by atoms with Crippen LogP contribution in [-0.4, -0.2) is 20.4 Å². The highest BCUT2D eigenvalue weighted by Crippen LogP contribution is 2.22. The van der Waals surface area contributed by atoms with Gasteiger partial charge in [-0.1, -0.05) is 0 Å². The van der Waals surface area contributed by atoms with E-state index in [1.807, 2.05) is 6.92 Å². The molecule has 0 radical (unpaired) electrons. The molecule has 0 aliphatic heterocycles. The largest absolute Gasteiger partial charge is 0.315 e. The first-order valence-electron chi connectivity index (χ1n) is 5.64. The number of nitrogens with one attached hydrogen (secondary N) is 2. The lowest BCUT2D eigenvalue weighted by atomic mass is 10.4. The standard InChI is InChI=1S/C11H15N3O2S3/c1-8-9(18-7-13-8)6-14-19(15,16)11-3-4-17-10(11)5-12-2/h3-4,7,12,14H,5-6H2,1-2H3. The number of aryl methyl sites for hydroxylation is 1. The van der Waals surface area contributed by atoms with Gasteiger partial charge in [-0.2, -0.15) is 0 Å². The lowest BCUT2D eigenvalue weighted by molar-refractivity contribution is 0.580. The minimum atomic E-state index is -3.46. The second-order valence-corrected chi connectivity index (χ2v) is 7.60. The fourth-order valence-corrected chi connectivity index (χ4v) is 4.85. The van der Waals surface area contributed by atoms with Crippen molar-refractivity contribution in [1.29, 1.82) is 0 Å². The molecule has 0 bridgehead atoms. The molecule has 2 heterocycles. The van der Waals surface area contributed by atoms with Crippen molar-refractivity contribution in [2.75, 3.05) is 7.05 Å². The summed E-state index contributed by atoms with van der Waals surface area (Å²) in [5, 5.41) is 4.76. The predicted molar refractivity (Wildman–Crippen MR) is 78.0 cm³/mol. The van der Waals surface area contributed by atoms with Crippen molar-refractivity contribution in [1.82, 2.24) is 15.0 Å². The van der Waals surface area contributed by atoms with Crippen LogP contribution in [0.4, 0.5) is 0 Å². The van der Waals surface area contributed by atoms with Crippen molar-refractivity contribution in [3.8, 4) is 0 Å². The molecule has 2 aromatic heterocycles. The SMILES string of the molecule is CNCc1sccc1S(=O)(=O)NCc1scnc1C. The van der Waals surface area contributed by atoms with Crippen LogP contribution in [0.1, 0.15) is 15.4 Å². The Morgan fingerprint density at radius 2 is 2.05 bits per heavy atom. The van der Waals surface area contributed by atoms with Crippen LogP contribution < -0.4 is 10.0 Å². The number of aromatic nitrogens is 1. The normalized spacial score (nSPS) is 11.9. The summed E-state index contributed by atoms with van der Waals surface area (Å²) in [6, 6.07) is 1.64. The molecule has 0 aliphatic rings. The number of thiophene rings is 1. The van der Waals surface area contributed by atoms with Gasteiger partial charge in [0.2, 0.25) is 10.0 Å². The van der Waals surface area contributed by atoms with Gasteiger partial charge in [-0.15, -0.1) is 22.7 Å². The van der Waals surface area contributed by atoms with Crippen molar-refractivity contribution in [2.45, 2.75) is 24.9 Å². The fraction of sp³-hybridized carbons (Fsp3) is 0.364. The lowest BCUT2D eigenvalue weighted by Crippen LogP contribution is -2.24. The molecule has 0 aromatic carbocycles. The Kier molecular flexibility index (Phi) is 4.69. The van der Waals surface area contributed by atoms with Crippen LogP contribution in [0.15, 0.2) is 21.9 Å². The van der Waals surface area contributed by atoms with Gasteiger partial charge in [0.1, 0.15) is 0 Å². The summed E-state index contributed by atoms with van der Waals surface area (Å²) < 4.78 is 27.1. The van der Waals surface area contributed by atoms with E-state index in [1.165, 1.54) is 22.7 Å². The summed E-state index contributed by atoms with van der Waals surface area (Å²) in [6.07, 6.45) is 0. The summed E-state index contributed by atoms with van der Waals surface area (Å²) in [5.74, 6) is 0. The zero-order valence-electron chi connectivity index (χ0n) is 10.6. The van der Waals surface area contributed by atoms with Gasteiger partial charge in [0.15, 0.2) is 0 Å². The van der Waals surface area contributed by atoms with Gasteiger partial charge in [-0.25, -0.2) is 18.1 Å². The monoisotopic (exact) mass is 317 g/mol. The minimum Gasteiger partial charge on any atom is -0.315 e. The quantitative estimate of drug-likeness (QED) is 0.851. The van der Waals surface area contributed by atoms with E-state index >= 15 is 0 Å². The van der Waals surface area contributed by atoms with Crippen molar-refractivity contribution in [2.24, 2.45) is 0 Å². The summed E-state index contributed by atoms with van der Waals surface area (Å²) in [6.45, 7) is 2.71. The van der Waals surface area contributed by atoms with Crippen LogP contribution >= 0.6 is 22.7 Å². The van der Waals surface area contributed by atoms with Crippen LogP contribution in [-0.2, 0) is 23.1 Å². The van der Waals surface area contributed by atoms with Gasteiger partial charge in [-0.05, 0) is 25.4 Å². The first-order chi connectivity index (χ1) is 9.04. The maximum atomic E-state index is 12.2. The average Bonchev–Trinajstić information content (AvgIpc) is 2.97. The molecule has 0 amide bonds. The molecular weight excluding hydrogens is 302 g/mol. The van der Waals surface area contributed by atoms with E-state index in [1.54, 1.807) is 24.0 Å². The third-order valence-corrected chi connectivity index (χ3v) is 6.07. The third kappa shape index (κ3) is 3.40. The summed E-state index contributed by atoms with van der Waals surface area (Å²) in [4.78, 5) is 6.21. The molecule has 0 unspecified atom stereocenters. The van der Waals surface area contributed by atoms with Crippen LogP contribution in [0, 0.1) is 6.92 Å². The molecule has 0 saturated heterocycles. The number of hydrogen-bond donors (Lipinski definition) is 2. The van der Waals surface area contributed by atoms with Crippen molar-refractivity contribution in [3.63, 3.8) is 0 Å². The van der Waals surface area contributed by atoms with Crippen LogP contribution in [0.3, 0.4) is 0 Å². The molecule has 104 valence electrons. The first kappa shape index (κ1) is 14.6. The fourth-order valence-electron chi connectivity index (χ4n) is 1.59. The van der Waals surface area contributed by atoms with Gasteiger partial charge in [-0.3, -0.25) is 0 Å². The van der Waals surface area contributed by atoms with E-state index in [2.05, 4.69) is 15.0 Å².